The predicted octanol–water partition coefficient (Wildman–Crippen LogP) is 14.2. The van der Waals surface area contributed by atoms with Gasteiger partial charge in [0.25, 0.3) is 0 Å². The van der Waals surface area contributed by atoms with Gasteiger partial charge in [-0.15, -0.1) is 0 Å². The van der Waals surface area contributed by atoms with E-state index in [1.807, 2.05) is 0 Å². The summed E-state index contributed by atoms with van der Waals surface area (Å²) in [6, 6.07) is 0. The van der Waals surface area contributed by atoms with Crippen LogP contribution in [-0.2, 0) is 0 Å². The van der Waals surface area contributed by atoms with Crippen molar-refractivity contribution in [2.75, 3.05) is 0 Å². The lowest BCUT2D eigenvalue weighted by Crippen LogP contribution is -2.34. The number of allylic oxidation sites excluding steroid dienone is 8. The van der Waals surface area contributed by atoms with Crippen molar-refractivity contribution < 1.29 is 0 Å². The molecule has 6 aliphatic rings. The van der Waals surface area contributed by atoms with Crippen LogP contribution in [0.15, 0.2) is 47.6 Å². The van der Waals surface area contributed by atoms with Crippen LogP contribution in [0.5, 0.6) is 0 Å². The zero-order valence-corrected chi connectivity index (χ0v) is 31.2. The van der Waals surface area contributed by atoms with Crippen LogP contribution in [0.1, 0.15) is 176 Å². The minimum absolute atomic E-state index is 0.393. The Morgan fingerprint density at radius 1 is 0.587 bits per heavy atom. The molecule has 0 bridgehead atoms. The van der Waals surface area contributed by atoms with Crippen molar-refractivity contribution in [3.8, 4) is 0 Å². The zero-order chi connectivity index (χ0) is 32.1. The third kappa shape index (κ3) is 9.56. The zero-order valence-electron chi connectivity index (χ0n) is 31.2. The molecule has 0 nitrogen and oxygen atoms in total. The highest BCUT2D eigenvalue weighted by Crippen LogP contribution is 2.49. The first-order valence-electron chi connectivity index (χ1n) is 20.9. The second-order valence-electron chi connectivity index (χ2n) is 19.2. The van der Waals surface area contributed by atoms with E-state index in [0.29, 0.717) is 10.8 Å². The largest absolute Gasteiger partial charge is 0.0851 e. The van der Waals surface area contributed by atoms with E-state index >= 15 is 0 Å². The molecule has 7 unspecified atom stereocenters. The van der Waals surface area contributed by atoms with Crippen molar-refractivity contribution >= 4 is 0 Å². The molecule has 258 valence electrons. The number of hydrogen-bond acceptors (Lipinski definition) is 0. The third-order valence-corrected chi connectivity index (χ3v) is 15.0. The summed E-state index contributed by atoms with van der Waals surface area (Å²) in [7, 11) is 0. The van der Waals surface area contributed by atoms with Gasteiger partial charge in [-0.1, -0.05) is 121 Å². The van der Waals surface area contributed by atoms with Gasteiger partial charge in [0, 0.05) is 0 Å². The summed E-state index contributed by atoms with van der Waals surface area (Å²) in [4.78, 5) is 0. The molecule has 6 aliphatic carbocycles. The molecule has 0 N–H and O–H groups in total. The second-order valence-corrected chi connectivity index (χ2v) is 19.2. The van der Waals surface area contributed by atoms with Gasteiger partial charge in [0.2, 0.25) is 0 Å². The summed E-state index contributed by atoms with van der Waals surface area (Å²) in [5.74, 6) is 8.07. The topological polar surface area (TPSA) is 0 Å². The fourth-order valence-electron chi connectivity index (χ4n) is 10.3. The van der Waals surface area contributed by atoms with Crippen LogP contribution in [0, 0.1) is 64.1 Å². The molecule has 0 amide bonds. The highest BCUT2D eigenvalue weighted by atomic mass is 14.4. The molecule has 0 heteroatoms. The number of rotatable bonds is 16. The Morgan fingerprint density at radius 3 is 1.80 bits per heavy atom. The van der Waals surface area contributed by atoms with E-state index in [0.717, 1.165) is 53.3 Å². The quantitative estimate of drug-likeness (QED) is 0.150. The smallest absolute Gasteiger partial charge is 0.0113 e. The molecule has 0 aromatic heterocycles. The first kappa shape index (κ1) is 34.8. The van der Waals surface area contributed by atoms with E-state index in [9.17, 15) is 0 Å². The van der Waals surface area contributed by atoms with Gasteiger partial charge in [0.05, 0.1) is 0 Å². The summed E-state index contributed by atoms with van der Waals surface area (Å²) in [6.45, 7) is 12.9. The Balaban J connectivity index is 0.867. The van der Waals surface area contributed by atoms with Crippen molar-refractivity contribution in [2.45, 2.75) is 176 Å². The van der Waals surface area contributed by atoms with Gasteiger partial charge >= 0.3 is 0 Å². The van der Waals surface area contributed by atoms with Crippen molar-refractivity contribution in [1.29, 1.82) is 0 Å². The highest BCUT2D eigenvalue weighted by Gasteiger charge is 2.38. The van der Waals surface area contributed by atoms with E-state index in [-0.39, 0.29) is 0 Å². The Kier molecular flexibility index (Phi) is 11.9. The maximum atomic E-state index is 2.71. The molecule has 0 aromatic carbocycles. The van der Waals surface area contributed by atoms with Gasteiger partial charge < -0.3 is 0 Å². The van der Waals surface area contributed by atoms with Gasteiger partial charge in [-0.25, -0.2) is 0 Å². The van der Waals surface area contributed by atoms with E-state index in [2.05, 4.69) is 71.1 Å². The minimum atomic E-state index is 0.393. The molecule has 0 saturated heterocycles. The molecular weight excluding hydrogens is 553 g/mol. The molecule has 46 heavy (non-hydrogen) atoms. The Morgan fingerprint density at radius 2 is 1.24 bits per heavy atom. The summed E-state index contributed by atoms with van der Waals surface area (Å²) in [5, 5.41) is 0. The minimum Gasteiger partial charge on any atom is -0.0851 e. The molecule has 0 heterocycles. The van der Waals surface area contributed by atoms with Gasteiger partial charge in [-0.3, -0.25) is 0 Å². The first-order valence-corrected chi connectivity index (χ1v) is 20.9. The van der Waals surface area contributed by atoms with E-state index in [4.69, 9.17) is 0 Å². The van der Waals surface area contributed by atoms with Gasteiger partial charge in [-0.05, 0) is 167 Å². The summed E-state index contributed by atoms with van der Waals surface area (Å²) < 4.78 is 0. The van der Waals surface area contributed by atoms with Crippen LogP contribution in [0.4, 0.5) is 0 Å². The maximum Gasteiger partial charge on any atom is -0.0113 e. The second kappa shape index (κ2) is 15.7. The van der Waals surface area contributed by atoms with Gasteiger partial charge in [0.1, 0.15) is 0 Å². The molecule has 2 fully saturated rings. The molecule has 0 spiro atoms. The van der Waals surface area contributed by atoms with E-state index < -0.39 is 0 Å². The van der Waals surface area contributed by atoms with Crippen LogP contribution < -0.4 is 0 Å². The van der Waals surface area contributed by atoms with E-state index in [1.54, 1.807) is 11.1 Å². The molecule has 7 atom stereocenters. The molecule has 2 saturated carbocycles. The maximum absolute atomic E-state index is 2.71. The lowest BCUT2D eigenvalue weighted by molar-refractivity contribution is 0.140. The van der Waals surface area contributed by atoms with Crippen molar-refractivity contribution in [3.63, 3.8) is 0 Å². The van der Waals surface area contributed by atoms with Crippen LogP contribution in [0.25, 0.3) is 0 Å². The average molecular weight is 627 g/mol. The first-order chi connectivity index (χ1) is 22.2. The van der Waals surface area contributed by atoms with Crippen molar-refractivity contribution in [3.05, 3.63) is 47.6 Å². The Labute approximate surface area is 286 Å². The van der Waals surface area contributed by atoms with Gasteiger partial charge in [-0.2, -0.15) is 0 Å². The molecular formula is C46H74. The van der Waals surface area contributed by atoms with Crippen LogP contribution in [-0.4, -0.2) is 0 Å². The Hall–Kier alpha value is -1.04. The van der Waals surface area contributed by atoms with Crippen LogP contribution in [0.3, 0.4) is 0 Å². The molecule has 0 aliphatic heterocycles. The Bertz CT molecular complexity index is 1090. The van der Waals surface area contributed by atoms with Crippen LogP contribution >= 0.6 is 0 Å². The molecule has 0 radical (unpaired) electrons. The van der Waals surface area contributed by atoms with E-state index in [1.165, 1.54) is 141 Å². The van der Waals surface area contributed by atoms with Crippen molar-refractivity contribution in [1.82, 2.24) is 0 Å². The summed E-state index contributed by atoms with van der Waals surface area (Å²) in [5.41, 5.74) is 4.39. The third-order valence-electron chi connectivity index (χ3n) is 15.0. The summed E-state index contributed by atoms with van der Waals surface area (Å²) >= 11 is 0. The monoisotopic (exact) mass is 627 g/mol. The molecule has 6 rings (SSSR count). The molecule has 0 aromatic rings. The van der Waals surface area contributed by atoms with Crippen molar-refractivity contribution in [2.24, 2.45) is 64.1 Å². The standard InChI is InChI=1S/C46H74/c1-34(6-8-35-18-26-41(27-19-35)45(2,3)43-30-22-39(23-31-43)16-14-37-10-11-37)7-9-36-20-28-42(29-21-36)46(4,5)44-32-24-40(25-33-44)17-15-38-12-13-38/h18,22,24,26,28,30,34-39,41,43-44H,6-17,19-21,23,25,27,29,31-33H2,1-5H3. The predicted molar refractivity (Wildman–Crippen MR) is 201 cm³/mol. The van der Waals surface area contributed by atoms with Gasteiger partial charge in [0.15, 0.2) is 0 Å². The highest BCUT2D eigenvalue weighted by molar-refractivity contribution is 5.20. The van der Waals surface area contributed by atoms with Crippen LogP contribution in [0.2, 0.25) is 0 Å². The SMILES string of the molecule is CC(CCC1C=CC(C(C)(C)C2C=CC(CCC3CC3)CC2)CC1)CCC1CC=C(C(C)(C)C2CC=C(CCC3CC3)CC2)CC1. The lowest BCUT2D eigenvalue weighted by Gasteiger charge is -2.43. The fourth-order valence-corrected chi connectivity index (χ4v) is 10.3. The lowest BCUT2D eigenvalue weighted by atomic mass is 9.62. The number of hydrogen-bond donors (Lipinski definition) is 0. The average Bonchev–Trinajstić information content (AvgIpc) is 4.01. The summed E-state index contributed by atoms with van der Waals surface area (Å²) in [6.07, 6.45) is 47.5. The normalized spacial score (nSPS) is 33.1. The fraction of sp³-hybridized carbons (Fsp3) is 0.826.